The van der Waals surface area contributed by atoms with Crippen LogP contribution in [-0.2, 0) is 9.48 Å². The van der Waals surface area contributed by atoms with Gasteiger partial charge in [-0.05, 0) is 23.1 Å². The van der Waals surface area contributed by atoms with E-state index in [0.29, 0.717) is 13.1 Å². The fourth-order valence-electron chi connectivity index (χ4n) is 4.18. The quantitative estimate of drug-likeness (QED) is 0.335. The first-order valence-electron chi connectivity index (χ1n) is 10.6. The third kappa shape index (κ3) is 4.54. The van der Waals surface area contributed by atoms with Gasteiger partial charge in [-0.3, -0.25) is 0 Å². The summed E-state index contributed by atoms with van der Waals surface area (Å²) in [6, 6.07) is 32.0. The maximum absolute atomic E-state index is 12.4. The van der Waals surface area contributed by atoms with Gasteiger partial charge in [0.05, 0.1) is 4.75 Å². The zero-order chi connectivity index (χ0) is 21.5. The summed E-state index contributed by atoms with van der Waals surface area (Å²) in [7, 11) is 0. The van der Waals surface area contributed by atoms with Crippen molar-refractivity contribution in [1.82, 2.24) is 4.90 Å². The van der Waals surface area contributed by atoms with E-state index in [1.54, 1.807) is 6.08 Å². The lowest BCUT2D eigenvalue weighted by Crippen LogP contribution is -2.32. The Labute approximate surface area is 188 Å². The molecule has 1 amide bonds. The molecule has 1 aliphatic heterocycles. The van der Waals surface area contributed by atoms with Crippen LogP contribution in [0.4, 0.5) is 4.79 Å². The molecule has 3 aromatic rings. The summed E-state index contributed by atoms with van der Waals surface area (Å²) in [6.45, 7) is 5.25. The van der Waals surface area contributed by atoms with Crippen LogP contribution in [0.15, 0.2) is 104 Å². The highest BCUT2D eigenvalue weighted by Gasteiger charge is 2.41. The number of likely N-dealkylation sites (tertiary alicyclic amines) is 1. The van der Waals surface area contributed by atoms with Gasteiger partial charge in [0.1, 0.15) is 6.61 Å². The molecule has 1 fully saturated rings. The number of ether oxygens (including phenoxy) is 1. The monoisotopic (exact) mass is 429 g/mol. The molecule has 0 aliphatic carbocycles. The Hall–Kier alpha value is -2.98. The molecule has 158 valence electrons. The first kappa shape index (κ1) is 21.3. The van der Waals surface area contributed by atoms with Gasteiger partial charge in [-0.25, -0.2) is 4.79 Å². The van der Waals surface area contributed by atoms with Gasteiger partial charge in [-0.1, -0.05) is 104 Å². The molecule has 0 aromatic heterocycles. The maximum atomic E-state index is 12.4. The van der Waals surface area contributed by atoms with E-state index in [1.165, 1.54) is 16.7 Å². The van der Waals surface area contributed by atoms with Crippen molar-refractivity contribution in [3.8, 4) is 0 Å². The molecule has 3 aromatic carbocycles. The van der Waals surface area contributed by atoms with E-state index < -0.39 is 0 Å². The van der Waals surface area contributed by atoms with E-state index in [4.69, 9.17) is 4.74 Å². The van der Waals surface area contributed by atoms with Gasteiger partial charge in [0.2, 0.25) is 0 Å². The molecule has 3 nitrogen and oxygen atoms in total. The molecule has 1 atom stereocenters. The van der Waals surface area contributed by atoms with Gasteiger partial charge in [0.25, 0.3) is 0 Å². The molecule has 1 heterocycles. The molecule has 0 bridgehead atoms. The van der Waals surface area contributed by atoms with E-state index in [2.05, 4.69) is 97.6 Å². The second kappa shape index (κ2) is 9.88. The zero-order valence-corrected chi connectivity index (χ0v) is 18.3. The highest BCUT2D eigenvalue weighted by atomic mass is 32.2. The zero-order valence-electron chi connectivity index (χ0n) is 17.5. The Morgan fingerprint density at radius 1 is 0.935 bits per heavy atom. The minimum absolute atomic E-state index is 0.245. The van der Waals surface area contributed by atoms with E-state index in [1.807, 2.05) is 16.7 Å². The molecule has 1 saturated heterocycles. The van der Waals surface area contributed by atoms with Crippen LogP contribution in [0.5, 0.6) is 0 Å². The highest BCUT2D eigenvalue weighted by Crippen LogP contribution is 2.51. The van der Waals surface area contributed by atoms with E-state index in [-0.39, 0.29) is 22.7 Å². The lowest BCUT2D eigenvalue weighted by molar-refractivity contribution is 0.121. The molecular weight excluding hydrogens is 402 g/mol. The Balaban J connectivity index is 1.73. The summed E-state index contributed by atoms with van der Waals surface area (Å²) < 4.78 is 4.90. The van der Waals surface area contributed by atoms with Crippen LogP contribution in [-0.4, -0.2) is 35.9 Å². The molecular formula is C27H27NO2S. The molecule has 0 N–H and O–H groups in total. The van der Waals surface area contributed by atoms with E-state index in [9.17, 15) is 4.79 Å². The van der Waals surface area contributed by atoms with Crippen LogP contribution in [0.1, 0.15) is 23.1 Å². The van der Waals surface area contributed by atoms with Crippen LogP contribution in [0.3, 0.4) is 0 Å². The first-order chi connectivity index (χ1) is 15.2. The van der Waals surface area contributed by atoms with Crippen molar-refractivity contribution in [2.24, 2.45) is 0 Å². The third-order valence-corrected chi connectivity index (χ3v) is 7.39. The van der Waals surface area contributed by atoms with Crippen LogP contribution in [0, 0.1) is 0 Å². The molecule has 0 spiro atoms. The number of hydrogen-bond donors (Lipinski definition) is 0. The summed E-state index contributed by atoms with van der Waals surface area (Å²) in [5, 5.41) is 0.289. The largest absolute Gasteiger partial charge is 0.445 e. The van der Waals surface area contributed by atoms with Gasteiger partial charge >= 0.3 is 6.09 Å². The Morgan fingerprint density at radius 2 is 1.42 bits per heavy atom. The van der Waals surface area contributed by atoms with E-state index in [0.717, 1.165) is 6.42 Å². The Kier molecular flexibility index (Phi) is 6.78. The number of rotatable bonds is 7. The molecule has 1 aliphatic rings. The number of carbonyl (C=O) groups is 1. The van der Waals surface area contributed by atoms with Gasteiger partial charge in [-0.15, -0.1) is 11.8 Å². The number of amides is 1. The number of nitrogens with zero attached hydrogens (tertiary/aromatic N) is 1. The van der Waals surface area contributed by atoms with Crippen molar-refractivity contribution < 1.29 is 9.53 Å². The lowest BCUT2D eigenvalue weighted by Gasteiger charge is -2.37. The van der Waals surface area contributed by atoms with Crippen molar-refractivity contribution in [3.05, 3.63) is 120 Å². The molecule has 1 unspecified atom stereocenters. The number of benzene rings is 3. The summed E-state index contributed by atoms with van der Waals surface area (Å²) in [6.07, 6.45) is 2.28. The maximum Gasteiger partial charge on any atom is 0.410 e. The standard InChI is InChI=1S/C27H27NO2S/c1-2-20-30-26(29)28-19-18-25(21-28)31-27(22-12-6-3-7-13-22,23-14-8-4-9-15-23)24-16-10-5-11-17-24/h2-17,25H,1,18-21H2. The number of carbonyl (C=O) groups excluding carboxylic acids is 1. The SMILES string of the molecule is C=CCOC(=O)N1CCC(SC(c2ccccc2)(c2ccccc2)c2ccccc2)C1. The Morgan fingerprint density at radius 3 is 1.87 bits per heavy atom. The Bertz CT molecular complexity index is 895. The van der Waals surface area contributed by atoms with Crippen LogP contribution >= 0.6 is 11.8 Å². The average molecular weight is 430 g/mol. The molecule has 31 heavy (non-hydrogen) atoms. The van der Waals surface area contributed by atoms with Crippen molar-refractivity contribution in [2.75, 3.05) is 19.7 Å². The van der Waals surface area contributed by atoms with Crippen LogP contribution in [0.25, 0.3) is 0 Å². The van der Waals surface area contributed by atoms with Gasteiger partial charge in [-0.2, -0.15) is 0 Å². The van der Waals surface area contributed by atoms with Gasteiger partial charge in [0.15, 0.2) is 0 Å². The predicted octanol–water partition coefficient (Wildman–Crippen LogP) is 6.11. The molecule has 4 heteroatoms. The lowest BCUT2D eigenvalue weighted by atomic mass is 9.84. The molecule has 0 saturated carbocycles. The first-order valence-corrected chi connectivity index (χ1v) is 11.5. The van der Waals surface area contributed by atoms with Crippen molar-refractivity contribution in [1.29, 1.82) is 0 Å². The normalized spacial score (nSPS) is 16.1. The van der Waals surface area contributed by atoms with Gasteiger partial charge < -0.3 is 9.64 Å². The summed E-state index contributed by atoms with van der Waals surface area (Å²) in [4.78, 5) is 14.2. The summed E-state index contributed by atoms with van der Waals surface area (Å²) in [5.41, 5.74) is 3.72. The van der Waals surface area contributed by atoms with Gasteiger partial charge in [0, 0.05) is 18.3 Å². The summed E-state index contributed by atoms with van der Waals surface area (Å²) >= 11 is 1.93. The minimum Gasteiger partial charge on any atom is -0.445 e. The number of hydrogen-bond acceptors (Lipinski definition) is 3. The van der Waals surface area contributed by atoms with Crippen molar-refractivity contribution in [2.45, 2.75) is 16.4 Å². The average Bonchev–Trinajstić information content (AvgIpc) is 3.31. The van der Waals surface area contributed by atoms with Crippen LogP contribution in [0.2, 0.25) is 0 Å². The smallest absolute Gasteiger partial charge is 0.410 e. The fourth-order valence-corrected chi connectivity index (χ4v) is 5.98. The number of thioether (sulfide) groups is 1. The second-order valence-electron chi connectivity index (χ2n) is 7.62. The van der Waals surface area contributed by atoms with Crippen LogP contribution < -0.4 is 0 Å². The van der Waals surface area contributed by atoms with Crippen molar-refractivity contribution >= 4 is 17.9 Å². The third-order valence-electron chi connectivity index (χ3n) is 5.61. The summed E-state index contributed by atoms with van der Waals surface area (Å²) in [5.74, 6) is 0. The minimum atomic E-state index is -0.366. The topological polar surface area (TPSA) is 29.5 Å². The van der Waals surface area contributed by atoms with E-state index >= 15 is 0 Å². The van der Waals surface area contributed by atoms with Crippen molar-refractivity contribution in [3.63, 3.8) is 0 Å². The fraction of sp³-hybridized carbons (Fsp3) is 0.222. The molecule has 4 rings (SSSR count). The highest BCUT2D eigenvalue weighted by molar-refractivity contribution is 8.01. The second-order valence-corrected chi connectivity index (χ2v) is 9.13. The molecule has 0 radical (unpaired) electrons. The predicted molar refractivity (Wildman–Crippen MR) is 128 cm³/mol.